The number of hydrogen-bond acceptors (Lipinski definition) is 5. The van der Waals surface area contributed by atoms with Crippen LogP contribution in [0.2, 0.25) is 5.02 Å². The van der Waals surface area contributed by atoms with Crippen LogP contribution in [0.25, 0.3) is 22.2 Å². The van der Waals surface area contributed by atoms with Crippen LogP contribution in [0.15, 0.2) is 60.7 Å². The van der Waals surface area contributed by atoms with E-state index in [-0.39, 0.29) is 17.4 Å². The summed E-state index contributed by atoms with van der Waals surface area (Å²) in [4.78, 5) is 30.4. The fourth-order valence-corrected chi connectivity index (χ4v) is 9.82. The topological polar surface area (TPSA) is 101 Å². The van der Waals surface area contributed by atoms with Gasteiger partial charge in [-0.15, -0.1) is 0 Å². The van der Waals surface area contributed by atoms with Gasteiger partial charge in [-0.05, 0) is 103 Å². The molecule has 0 spiro atoms. The number of nitrogens with one attached hydrogen (secondary N) is 1. The van der Waals surface area contributed by atoms with Gasteiger partial charge in [-0.3, -0.25) is 9.59 Å². The quantitative estimate of drug-likeness (QED) is 0.213. The monoisotopic (exact) mass is 728 g/mol. The summed E-state index contributed by atoms with van der Waals surface area (Å²) >= 11 is 6.16. The van der Waals surface area contributed by atoms with Crippen LogP contribution in [0.1, 0.15) is 96.2 Å². The second-order valence-corrected chi connectivity index (χ2v) is 17.4. The molecule has 2 atom stereocenters. The van der Waals surface area contributed by atoms with Crippen LogP contribution in [0.5, 0.6) is 5.75 Å². The lowest BCUT2D eigenvalue weighted by molar-refractivity contribution is -0.138. The maximum Gasteiger partial charge on any atom is 0.303 e. The van der Waals surface area contributed by atoms with Crippen molar-refractivity contribution in [3.63, 3.8) is 0 Å². The molecule has 3 aromatic carbocycles. The third-order valence-corrected chi connectivity index (χ3v) is 13.7. The molecule has 4 aliphatic rings. The molecule has 11 heteroatoms. The minimum Gasteiger partial charge on any atom is -0.497 e. The van der Waals surface area contributed by atoms with Gasteiger partial charge in [0.05, 0.1) is 18.2 Å². The molecule has 2 amide bonds. The van der Waals surface area contributed by atoms with Crippen molar-refractivity contribution >= 4 is 44.5 Å². The molecule has 3 heterocycles. The van der Waals surface area contributed by atoms with Crippen molar-refractivity contribution < 1.29 is 22.7 Å². The number of hydrogen-bond donors (Lipinski definition) is 1. The average molecular weight is 729 g/mol. The number of nitrogens with zero attached hydrogens (tertiary/aromatic N) is 3. The molecule has 4 aromatic rings. The van der Waals surface area contributed by atoms with Crippen molar-refractivity contribution in [2.75, 3.05) is 34.3 Å². The molecule has 1 saturated heterocycles. The van der Waals surface area contributed by atoms with Gasteiger partial charge in [-0.25, -0.2) is 4.72 Å². The maximum absolute atomic E-state index is 14.9. The van der Waals surface area contributed by atoms with E-state index in [1.807, 2.05) is 30.3 Å². The van der Waals surface area contributed by atoms with Crippen LogP contribution in [-0.4, -0.2) is 68.3 Å². The Kier molecular flexibility index (Phi) is 8.71. The van der Waals surface area contributed by atoms with E-state index >= 15 is 0 Å². The number of carbonyl (C=O) groups is 2. The van der Waals surface area contributed by atoms with Gasteiger partial charge in [0.1, 0.15) is 5.75 Å². The molecule has 51 heavy (non-hydrogen) atoms. The molecule has 1 N–H and O–H groups in total. The summed E-state index contributed by atoms with van der Waals surface area (Å²) in [6.45, 7) is 1.88. The summed E-state index contributed by atoms with van der Waals surface area (Å²) in [5, 5.41) is 1.79. The van der Waals surface area contributed by atoms with E-state index in [1.54, 1.807) is 13.2 Å². The molecule has 3 fully saturated rings. The van der Waals surface area contributed by atoms with Gasteiger partial charge in [-0.1, -0.05) is 49.1 Å². The number of aromatic nitrogens is 1. The highest BCUT2D eigenvalue weighted by atomic mass is 35.5. The van der Waals surface area contributed by atoms with Crippen molar-refractivity contribution in [3.05, 3.63) is 87.9 Å². The highest BCUT2D eigenvalue weighted by molar-refractivity contribution is 7.87. The first-order valence-corrected chi connectivity index (χ1v) is 20.0. The third kappa shape index (κ3) is 5.93. The Labute approximate surface area is 305 Å². The first-order valence-electron chi connectivity index (χ1n) is 18.1. The Balaban J connectivity index is 1.23. The summed E-state index contributed by atoms with van der Waals surface area (Å²) in [6, 6.07) is 19.9. The van der Waals surface area contributed by atoms with Gasteiger partial charge in [-0.2, -0.15) is 12.7 Å². The summed E-state index contributed by atoms with van der Waals surface area (Å²) in [7, 11) is 0.474. The van der Waals surface area contributed by atoms with Gasteiger partial charge in [0, 0.05) is 66.7 Å². The van der Waals surface area contributed by atoms with Crippen LogP contribution in [0, 0.1) is 5.41 Å². The number of benzene rings is 3. The number of piperidine rings is 1. The number of likely N-dealkylation sites (tertiary alicyclic amines) is 1. The summed E-state index contributed by atoms with van der Waals surface area (Å²) < 4.78 is 36.5. The van der Waals surface area contributed by atoms with Gasteiger partial charge in [0.2, 0.25) is 5.91 Å². The molecule has 2 saturated carbocycles. The highest BCUT2D eigenvalue weighted by Crippen LogP contribution is 2.66. The third-order valence-electron chi connectivity index (χ3n) is 12.0. The molecule has 268 valence electrons. The van der Waals surface area contributed by atoms with Crippen LogP contribution < -0.4 is 9.46 Å². The lowest BCUT2D eigenvalue weighted by Gasteiger charge is -2.35. The smallest absolute Gasteiger partial charge is 0.303 e. The minimum absolute atomic E-state index is 0.0370. The fraction of sp³-hybridized carbons (Fsp3) is 0.450. The van der Waals surface area contributed by atoms with E-state index in [9.17, 15) is 18.0 Å². The van der Waals surface area contributed by atoms with Crippen LogP contribution in [-0.2, 0) is 21.5 Å². The summed E-state index contributed by atoms with van der Waals surface area (Å²) in [5.74, 6) is 1.05. The molecular formula is C40H45ClN4O5S. The van der Waals surface area contributed by atoms with E-state index in [4.69, 9.17) is 16.3 Å². The second-order valence-electron chi connectivity index (χ2n) is 15.1. The van der Waals surface area contributed by atoms with Crippen molar-refractivity contribution in [1.29, 1.82) is 0 Å². The maximum atomic E-state index is 14.9. The van der Waals surface area contributed by atoms with E-state index < -0.39 is 21.5 Å². The minimum atomic E-state index is -3.98. The van der Waals surface area contributed by atoms with Crippen molar-refractivity contribution in [3.8, 4) is 17.0 Å². The number of methoxy groups -OCH3 is 1. The first-order chi connectivity index (χ1) is 24.5. The SMILES string of the molecule is COc1ccc2c(c1)C1CC1(C(=O)N1CCC(c3ccc(Cl)cc3)CC1)Cn1c-2c(C2CCCCC2)c2ccc(C(=O)NS(=O)(=O)N(C)C)cc21. The van der Waals surface area contributed by atoms with Gasteiger partial charge < -0.3 is 14.2 Å². The highest BCUT2D eigenvalue weighted by Gasteiger charge is 2.64. The standard InChI is InChI=1S/C40H45ClN4O5S/c1-43(2)51(48,49)42-38(46)28-11-15-32-35(21-28)45-24-40(39(47)44-19-17-26(18-20-44)25-9-12-29(41)13-10-25)23-34(40)33-22-30(50-3)14-16-31(33)37(45)36(32)27-7-5-4-6-8-27/h9-16,21-22,26-27,34H,4-8,17-20,23-24H2,1-3H3,(H,42,46). The Morgan fingerprint density at radius 3 is 2.33 bits per heavy atom. The van der Waals surface area contributed by atoms with Crippen LogP contribution in [0.4, 0.5) is 0 Å². The zero-order valence-electron chi connectivity index (χ0n) is 29.5. The number of ether oxygens (including phenoxy) is 1. The van der Waals surface area contributed by atoms with Gasteiger partial charge in [0.15, 0.2) is 0 Å². The van der Waals surface area contributed by atoms with E-state index in [1.165, 1.54) is 31.6 Å². The first kappa shape index (κ1) is 34.2. The molecule has 8 rings (SSSR count). The van der Waals surface area contributed by atoms with Crippen molar-refractivity contribution in [2.24, 2.45) is 5.41 Å². The number of carbonyl (C=O) groups excluding carboxylic acids is 2. The number of fused-ring (bicyclic) bond motifs is 7. The average Bonchev–Trinajstić information content (AvgIpc) is 3.81. The predicted octanol–water partition coefficient (Wildman–Crippen LogP) is 7.45. The zero-order valence-corrected chi connectivity index (χ0v) is 31.0. The molecule has 9 nitrogen and oxygen atoms in total. The molecule has 1 aromatic heterocycles. The molecular weight excluding hydrogens is 684 g/mol. The van der Waals surface area contributed by atoms with Crippen molar-refractivity contribution in [1.82, 2.24) is 18.5 Å². The number of rotatable bonds is 7. The summed E-state index contributed by atoms with van der Waals surface area (Å²) in [6.07, 6.45) is 8.23. The Hall–Kier alpha value is -3.86. The van der Waals surface area contributed by atoms with E-state index in [0.717, 1.165) is 87.7 Å². The Morgan fingerprint density at radius 1 is 0.922 bits per heavy atom. The van der Waals surface area contributed by atoms with Crippen LogP contribution in [0.3, 0.4) is 0 Å². The Bertz CT molecular complexity index is 2130. The number of amides is 2. The molecule has 0 bridgehead atoms. The molecule has 2 unspecified atom stereocenters. The van der Waals surface area contributed by atoms with Crippen LogP contribution >= 0.6 is 11.6 Å². The normalized spacial score (nSPS) is 22.2. The lowest BCUT2D eigenvalue weighted by atomic mass is 9.81. The fourth-order valence-electron chi connectivity index (χ4n) is 9.16. The lowest BCUT2D eigenvalue weighted by Crippen LogP contribution is -2.44. The van der Waals surface area contributed by atoms with E-state index in [2.05, 4.69) is 38.5 Å². The molecule has 0 radical (unpaired) electrons. The van der Waals surface area contributed by atoms with Gasteiger partial charge in [0.25, 0.3) is 5.91 Å². The second kappa shape index (κ2) is 13.0. The Morgan fingerprint density at radius 2 is 1.65 bits per heavy atom. The molecule has 2 aliphatic heterocycles. The van der Waals surface area contributed by atoms with Crippen molar-refractivity contribution in [2.45, 2.75) is 75.7 Å². The summed E-state index contributed by atoms with van der Waals surface area (Å²) in [5.41, 5.74) is 6.41. The van der Waals surface area contributed by atoms with Gasteiger partial charge >= 0.3 is 10.2 Å². The number of halogens is 1. The predicted molar refractivity (Wildman–Crippen MR) is 200 cm³/mol. The zero-order chi connectivity index (χ0) is 35.7. The largest absolute Gasteiger partial charge is 0.497 e. The molecule has 2 aliphatic carbocycles. The van der Waals surface area contributed by atoms with E-state index in [0.29, 0.717) is 31.5 Å².